The summed E-state index contributed by atoms with van der Waals surface area (Å²) in [6.45, 7) is 0. The lowest BCUT2D eigenvalue weighted by atomic mass is 10.2. The molecule has 2 aromatic rings. The van der Waals surface area contributed by atoms with E-state index in [-0.39, 0.29) is 0 Å². The van der Waals surface area contributed by atoms with Crippen molar-refractivity contribution in [2.24, 2.45) is 0 Å². The molecule has 0 atom stereocenters. The van der Waals surface area contributed by atoms with E-state index in [1.807, 2.05) is 0 Å². The molecule has 0 bridgehead atoms. The first kappa shape index (κ1) is 14.2. The fourth-order valence-corrected chi connectivity index (χ4v) is 2.10. The average Bonchev–Trinajstić information content (AvgIpc) is 2.47. The largest absolute Gasteiger partial charge is 0.496 e. The highest BCUT2D eigenvalue weighted by molar-refractivity contribution is 9.10. The van der Waals surface area contributed by atoms with Crippen LogP contribution < -0.4 is 14.2 Å². The first-order valence-electron chi connectivity index (χ1n) is 5.77. The summed E-state index contributed by atoms with van der Waals surface area (Å²) in [4.78, 5) is 0. The molecule has 0 fully saturated rings. The molecule has 102 valence electrons. The summed E-state index contributed by atoms with van der Waals surface area (Å²) in [6.07, 6.45) is 0. The van der Waals surface area contributed by atoms with Crippen molar-refractivity contribution >= 4 is 15.9 Å². The number of ether oxygens (including phenoxy) is 3. The van der Waals surface area contributed by atoms with Crippen LogP contribution in [0.1, 0.15) is 5.56 Å². The minimum atomic E-state index is 0.439. The molecule has 0 saturated carbocycles. The third-order valence-electron chi connectivity index (χ3n) is 2.64. The number of halogens is 1. The molecule has 0 N–H and O–H groups in total. The summed E-state index contributed by atoms with van der Waals surface area (Å²) >= 11 is 3.33. The van der Waals surface area contributed by atoms with E-state index in [0.717, 1.165) is 0 Å². The molecular weight excluding hydrogens is 322 g/mol. The van der Waals surface area contributed by atoms with Crippen LogP contribution in [0.15, 0.2) is 40.9 Å². The Balaban J connectivity index is 2.40. The Bertz CT molecular complexity index is 642. The van der Waals surface area contributed by atoms with E-state index in [0.29, 0.717) is 33.0 Å². The Labute approximate surface area is 125 Å². The van der Waals surface area contributed by atoms with Gasteiger partial charge in [0.2, 0.25) is 0 Å². The molecule has 0 aliphatic rings. The maximum atomic E-state index is 9.17. The van der Waals surface area contributed by atoms with Gasteiger partial charge in [0.05, 0.1) is 14.2 Å². The minimum Gasteiger partial charge on any atom is -0.496 e. The molecule has 0 aliphatic carbocycles. The quantitative estimate of drug-likeness (QED) is 0.844. The van der Waals surface area contributed by atoms with Gasteiger partial charge in [-0.3, -0.25) is 0 Å². The van der Waals surface area contributed by atoms with E-state index in [2.05, 4.69) is 22.0 Å². The Kier molecular flexibility index (Phi) is 4.49. The van der Waals surface area contributed by atoms with E-state index in [4.69, 9.17) is 19.5 Å². The van der Waals surface area contributed by atoms with Crippen LogP contribution in [0, 0.1) is 11.3 Å². The molecule has 2 rings (SSSR count). The minimum absolute atomic E-state index is 0.439. The molecule has 0 saturated heterocycles. The highest BCUT2D eigenvalue weighted by Crippen LogP contribution is 2.34. The van der Waals surface area contributed by atoms with Gasteiger partial charge in [0.1, 0.15) is 34.6 Å². The summed E-state index contributed by atoms with van der Waals surface area (Å²) < 4.78 is 16.8. The van der Waals surface area contributed by atoms with Gasteiger partial charge in [0, 0.05) is 22.7 Å². The van der Waals surface area contributed by atoms with Gasteiger partial charge in [-0.05, 0) is 28.1 Å². The van der Waals surface area contributed by atoms with Crippen molar-refractivity contribution < 1.29 is 14.2 Å². The Morgan fingerprint density at radius 2 is 1.60 bits per heavy atom. The molecule has 5 heteroatoms. The van der Waals surface area contributed by atoms with E-state index >= 15 is 0 Å². The van der Waals surface area contributed by atoms with Crippen molar-refractivity contribution in [2.75, 3.05) is 14.2 Å². The summed E-state index contributed by atoms with van der Waals surface area (Å²) in [5.74, 6) is 2.24. The second kappa shape index (κ2) is 6.31. The van der Waals surface area contributed by atoms with Gasteiger partial charge in [-0.2, -0.15) is 5.26 Å². The van der Waals surface area contributed by atoms with Gasteiger partial charge in [-0.25, -0.2) is 0 Å². The summed E-state index contributed by atoms with van der Waals surface area (Å²) in [5.41, 5.74) is 0.439. The number of hydrogen-bond donors (Lipinski definition) is 0. The molecule has 0 radical (unpaired) electrons. The van der Waals surface area contributed by atoms with Crippen LogP contribution in [-0.2, 0) is 0 Å². The molecule has 20 heavy (non-hydrogen) atoms. The summed E-state index contributed by atoms with van der Waals surface area (Å²) in [7, 11) is 3.14. The topological polar surface area (TPSA) is 51.5 Å². The lowest BCUT2D eigenvalue weighted by Gasteiger charge is -2.11. The first-order valence-corrected chi connectivity index (χ1v) is 6.56. The van der Waals surface area contributed by atoms with Crippen LogP contribution in [0.3, 0.4) is 0 Å². The van der Waals surface area contributed by atoms with Crippen molar-refractivity contribution in [3.63, 3.8) is 0 Å². The zero-order valence-corrected chi connectivity index (χ0v) is 12.6. The van der Waals surface area contributed by atoms with Gasteiger partial charge >= 0.3 is 0 Å². The summed E-state index contributed by atoms with van der Waals surface area (Å²) in [6, 6.07) is 12.6. The van der Waals surface area contributed by atoms with Crippen molar-refractivity contribution in [3.05, 3.63) is 46.4 Å². The van der Waals surface area contributed by atoms with Gasteiger partial charge in [0.15, 0.2) is 0 Å². The second-order valence-corrected chi connectivity index (χ2v) is 4.73. The monoisotopic (exact) mass is 333 g/mol. The molecular formula is C15H12BrNO3. The number of hydrogen-bond acceptors (Lipinski definition) is 4. The standard InChI is InChI=1S/C15H12BrNO3/c1-18-10-6-11(19-2)8-12(7-10)20-15-5-3-4-14(16)13(15)9-17/h3-8H,1-2H3. The number of benzene rings is 2. The third-order valence-corrected chi connectivity index (χ3v) is 3.30. The fourth-order valence-electron chi connectivity index (χ4n) is 1.67. The smallest absolute Gasteiger partial charge is 0.146 e. The van der Waals surface area contributed by atoms with Crippen molar-refractivity contribution in [3.8, 4) is 29.1 Å². The number of methoxy groups -OCH3 is 2. The van der Waals surface area contributed by atoms with Crippen molar-refractivity contribution in [1.82, 2.24) is 0 Å². The maximum Gasteiger partial charge on any atom is 0.146 e. The second-order valence-electron chi connectivity index (χ2n) is 3.88. The Morgan fingerprint density at radius 3 is 2.15 bits per heavy atom. The molecule has 2 aromatic carbocycles. The highest BCUT2D eigenvalue weighted by atomic mass is 79.9. The molecule has 0 heterocycles. The predicted molar refractivity (Wildman–Crippen MR) is 78.5 cm³/mol. The van der Waals surface area contributed by atoms with Crippen LogP contribution in [0.25, 0.3) is 0 Å². The van der Waals surface area contributed by atoms with E-state index in [1.54, 1.807) is 50.6 Å². The van der Waals surface area contributed by atoms with Gasteiger partial charge in [0.25, 0.3) is 0 Å². The average molecular weight is 334 g/mol. The molecule has 0 spiro atoms. The number of nitrogens with zero attached hydrogens (tertiary/aromatic N) is 1. The number of rotatable bonds is 4. The molecule has 0 aliphatic heterocycles. The normalized spacial score (nSPS) is 9.70. The maximum absolute atomic E-state index is 9.17. The molecule has 0 amide bonds. The van der Waals surface area contributed by atoms with Gasteiger partial charge in [-0.1, -0.05) is 6.07 Å². The van der Waals surface area contributed by atoms with Crippen molar-refractivity contribution in [1.29, 1.82) is 5.26 Å². The highest BCUT2D eigenvalue weighted by Gasteiger charge is 2.10. The van der Waals surface area contributed by atoms with E-state index in [1.165, 1.54) is 0 Å². The van der Waals surface area contributed by atoms with E-state index in [9.17, 15) is 0 Å². The summed E-state index contributed by atoms with van der Waals surface area (Å²) in [5, 5.41) is 9.17. The Morgan fingerprint density at radius 1 is 1.00 bits per heavy atom. The third kappa shape index (κ3) is 3.03. The van der Waals surface area contributed by atoms with Gasteiger partial charge < -0.3 is 14.2 Å². The van der Waals surface area contributed by atoms with Crippen LogP contribution >= 0.6 is 15.9 Å². The van der Waals surface area contributed by atoms with Gasteiger partial charge in [-0.15, -0.1) is 0 Å². The van der Waals surface area contributed by atoms with Crippen LogP contribution in [0.4, 0.5) is 0 Å². The number of nitriles is 1. The van der Waals surface area contributed by atoms with Crippen LogP contribution in [0.2, 0.25) is 0 Å². The predicted octanol–water partition coefficient (Wildman–Crippen LogP) is 4.13. The molecule has 0 unspecified atom stereocenters. The molecule has 0 aromatic heterocycles. The first-order chi connectivity index (χ1) is 9.67. The zero-order valence-electron chi connectivity index (χ0n) is 11.0. The fraction of sp³-hybridized carbons (Fsp3) is 0.133. The zero-order chi connectivity index (χ0) is 14.5. The molecule has 4 nitrogen and oxygen atoms in total. The van der Waals surface area contributed by atoms with Crippen LogP contribution in [0.5, 0.6) is 23.0 Å². The van der Waals surface area contributed by atoms with Crippen LogP contribution in [-0.4, -0.2) is 14.2 Å². The lowest BCUT2D eigenvalue weighted by Crippen LogP contribution is -1.92. The van der Waals surface area contributed by atoms with E-state index < -0.39 is 0 Å². The lowest BCUT2D eigenvalue weighted by molar-refractivity contribution is 0.386. The Hall–Kier alpha value is -2.19. The SMILES string of the molecule is COc1cc(OC)cc(Oc2cccc(Br)c2C#N)c1. The van der Waals surface area contributed by atoms with Crippen molar-refractivity contribution in [2.45, 2.75) is 0 Å².